The maximum absolute atomic E-state index is 6.87. The second-order valence-electron chi connectivity index (χ2n) is 8.67. The average Bonchev–Trinajstić information content (AvgIpc) is 2.85. The lowest BCUT2D eigenvalue weighted by Crippen LogP contribution is -2.41. The van der Waals surface area contributed by atoms with Crippen LogP contribution in [0, 0.1) is 0 Å². The van der Waals surface area contributed by atoms with Gasteiger partial charge in [0.25, 0.3) is 0 Å². The first-order valence-electron chi connectivity index (χ1n) is 11.4. The Bertz CT molecular complexity index is 1520. The van der Waals surface area contributed by atoms with Crippen LogP contribution in [0.25, 0.3) is 43.1 Å². The van der Waals surface area contributed by atoms with Gasteiger partial charge in [0.1, 0.15) is 0 Å². The molecule has 0 fully saturated rings. The van der Waals surface area contributed by atoms with E-state index in [9.17, 15) is 0 Å². The smallest absolute Gasteiger partial charge is 0.232 e. The highest BCUT2D eigenvalue weighted by molar-refractivity contribution is 6.81. The third-order valence-corrected chi connectivity index (χ3v) is 11.4. The normalized spacial score (nSPS) is 12.0. The highest BCUT2D eigenvalue weighted by Gasteiger charge is 2.21. The molecule has 0 saturated heterocycles. The largest absolute Gasteiger partial charge is 0.449 e. The molecule has 6 rings (SSSR count). The van der Waals surface area contributed by atoms with Gasteiger partial charge in [0.2, 0.25) is 18.1 Å². The van der Waals surface area contributed by atoms with Gasteiger partial charge in [-0.15, -0.1) is 0 Å². The van der Waals surface area contributed by atoms with Crippen molar-refractivity contribution in [1.82, 2.24) is 0 Å². The highest BCUT2D eigenvalue weighted by atomic mass is 28.4. The number of fused-ring (bicyclic) bond motifs is 4. The Kier molecular flexibility index (Phi) is 5.10. The number of hydrogen-bond acceptors (Lipinski definition) is 1. The van der Waals surface area contributed by atoms with Gasteiger partial charge in [0, 0.05) is 0 Å². The van der Waals surface area contributed by atoms with Crippen LogP contribution in [0.4, 0.5) is 0 Å². The Morgan fingerprint density at radius 1 is 0.424 bits per heavy atom. The van der Waals surface area contributed by atoms with Crippen molar-refractivity contribution in [2.75, 3.05) is 0 Å². The third-order valence-electron chi connectivity index (χ3n) is 6.56. The zero-order valence-electron chi connectivity index (χ0n) is 18.8. The predicted molar refractivity (Wildman–Crippen MR) is 146 cm³/mol. The minimum Gasteiger partial charge on any atom is -0.449 e. The van der Waals surface area contributed by atoms with Crippen molar-refractivity contribution in [1.29, 1.82) is 0 Å². The predicted octanol–water partition coefficient (Wildman–Crippen LogP) is 6.67. The molecule has 6 aromatic rings. The van der Waals surface area contributed by atoms with Gasteiger partial charge >= 0.3 is 0 Å². The minimum absolute atomic E-state index is 1.17. The molecule has 0 aromatic heterocycles. The van der Waals surface area contributed by atoms with Crippen LogP contribution in [0.3, 0.4) is 0 Å². The summed E-state index contributed by atoms with van der Waals surface area (Å²) in [4.78, 5) is 0. The molecule has 2 radical (unpaired) electrons. The second kappa shape index (κ2) is 8.27. The van der Waals surface area contributed by atoms with E-state index in [1.54, 1.807) is 0 Å². The summed E-state index contributed by atoms with van der Waals surface area (Å²) in [6, 6.07) is 39.8. The van der Waals surface area contributed by atoms with Crippen LogP contribution in [-0.2, 0) is 4.12 Å². The van der Waals surface area contributed by atoms with Crippen LogP contribution in [0.2, 0.25) is 13.1 Å². The quantitative estimate of drug-likeness (QED) is 0.213. The van der Waals surface area contributed by atoms with Gasteiger partial charge in [-0.05, 0) is 90.8 Å². The molecule has 0 unspecified atom stereocenters. The number of rotatable bonds is 4. The standard InChI is InChI=1S/C30H24OSi2/c1-32(29-15-7-13-25-17-21-9-3-5-11-23(21)19-27(25)29)31-33(2)30-16-8-14-26-18-22-10-4-6-12-24(22)20-28(26)30/h3-20H,1-2H3. The zero-order chi connectivity index (χ0) is 22.4. The Balaban J connectivity index is 1.39. The molecule has 6 aromatic carbocycles. The first kappa shape index (κ1) is 20.4. The van der Waals surface area contributed by atoms with Crippen molar-refractivity contribution in [2.45, 2.75) is 13.1 Å². The molecule has 3 heteroatoms. The molecule has 33 heavy (non-hydrogen) atoms. The summed E-state index contributed by atoms with van der Waals surface area (Å²) in [7, 11) is -2.34. The molecular weight excluding hydrogens is 433 g/mol. The lowest BCUT2D eigenvalue weighted by atomic mass is 10.0. The first-order chi connectivity index (χ1) is 16.2. The van der Waals surface area contributed by atoms with E-state index in [-0.39, 0.29) is 0 Å². The lowest BCUT2D eigenvalue weighted by molar-refractivity contribution is 0.622. The monoisotopic (exact) mass is 456 g/mol. The Morgan fingerprint density at radius 3 is 1.21 bits per heavy atom. The molecule has 0 saturated carbocycles. The second-order valence-corrected chi connectivity index (χ2v) is 12.8. The Morgan fingerprint density at radius 2 is 0.788 bits per heavy atom. The van der Waals surface area contributed by atoms with E-state index in [0.29, 0.717) is 0 Å². The van der Waals surface area contributed by atoms with Gasteiger partial charge < -0.3 is 4.12 Å². The summed E-state index contributed by atoms with van der Waals surface area (Å²) < 4.78 is 6.87. The third kappa shape index (κ3) is 3.68. The van der Waals surface area contributed by atoms with Crippen molar-refractivity contribution in [3.05, 3.63) is 109 Å². The highest BCUT2D eigenvalue weighted by Crippen LogP contribution is 2.24. The van der Waals surface area contributed by atoms with Crippen LogP contribution in [-0.4, -0.2) is 18.1 Å². The van der Waals surface area contributed by atoms with E-state index in [1.807, 2.05) is 0 Å². The van der Waals surface area contributed by atoms with E-state index in [2.05, 4.69) is 122 Å². The van der Waals surface area contributed by atoms with Gasteiger partial charge in [-0.2, -0.15) is 0 Å². The Labute approximate surface area is 197 Å². The summed E-state index contributed by atoms with van der Waals surface area (Å²) in [5.41, 5.74) is 0. The summed E-state index contributed by atoms with van der Waals surface area (Å²) in [6.07, 6.45) is 0. The SMILES string of the molecule is C[Si](O[Si](C)c1cccc2cc3ccccc3cc12)c1cccc2cc3ccccc3cc12. The molecule has 0 bridgehead atoms. The Hall–Kier alpha value is -3.25. The summed E-state index contributed by atoms with van der Waals surface area (Å²) in [5, 5.41) is 13.1. The van der Waals surface area contributed by atoms with Gasteiger partial charge in [-0.1, -0.05) is 84.9 Å². The molecule has 0 aliphatic rings. The lowest BCUT2D eigenvalue weighted by Gasteiger charge is -2.20. The van der Waals surface area contributed by atoms with E-state index < -0.39 is 18.1 Å². The molecule has 0 atom stereocenters. The first-order valence-corrected chi connectivity index (χ1v) is 15.2. The molecule has 0 aliphatic carbocycles. The van der Waals surface area contributed by atoms with Crippen LogP contribution >= 0.6 is 0 Å². The topological polar surface area (TPSA) is 9.23 Å². The van der Waals surface area contributed by atoms with Crippen molar-refractivity contribution >= 4 is 71.5 Å². The summed E-state index contributed by atoms with van der Waals surface area (Å²) in [6.45, 7) is 4.59. The molecule has 0 aliphatic heterocycles. The van der Waals surface area contributed by atoms with Crippen LogP contribution < -0.4 is 10.4 Å². The summed E-state index contributed by atoms with van der Waals surface area (Å²) in [5.74, 6) is 0. The van der Waals surface area contributed by atoms with E-state index >= 15 is 0 Å². The minimum atomic E-state index is -1.17. The molecule has 0 spiro atoms. The maximum atomic E-state index is 6.87. The van der Waals surface area contributed by atoms with E-state index in [0.717, 1.165) is 0 Å². The average molecular weight is 457 g/mol. The van der Waals surface area contributed by atoms with Crippen LogP contribution in [0.5, 0.6) is 0 Å². The van der Waals surface area contributed by atoms with Crippen molar-refractivity contribution in [3.8, 4) is 0 Å². The van der Waals surface area contributed by atoms with Crippen molar-refractivity contribution < 1.29 is 4.12 Å². The number of hydrogen-bond donors (Lipinski definition) is 0. The van der Waals surface area contributed by atoms with Crippen molar-refractivity contribution in [2.24, 2.45) is 0 Å². The van der Waals surface area contributed by atoms with E-state index in [1.165, 1.54) is 53.5 Å². The fourth-order valence-corrected chi connectivity index (χ4v) is 9.46. The van der Waals surface area contributed by atoms with Gasteiger partial charge in [-0.3, -0.25) is 0 Å². The molecular formula is C30H24OSi2. The molecule has 0 N–H and O–H groups in total. The van der Waals surface area contributed by atoms with E-state index in [4.69, 9.17) is 4.12 Å². The fraction of sp³-hybridized carbons (Fsp3) is 0.0667. The molecule has 1 nitrogen and oxygen atoms in total. The van der Waals surface area contributed by atoms with Gasteiger partial charge in [0.05, 0.1) is 0 Å². The molecule has 158 valence electrons. The van der Waals surface area contributed by atoms with Crippen molar-refractivity contribution in [3.63, 3.8) is 0 Å². The maximum Gasteiger partial charge on any atom is 0.232 e. The number of benzene rings is 6. The zero-order valence-corrected chi connectivity index (χ0v) is 20.8. The fourth-order valence-electron chi connectivity index (χ4n) is 4.89. The molecule has 0 amide bonds. The summed E-state index contributed by atoms with van der Waals surface area (Å²) >= 11 is 0. The van der Waals surface area contributed by atoms with Gasteiger partial charge in [0.15, 0.2) is 0 Å². The van der Waals surface area contributed by atoms with Gasteiger partial charge in [-0.25, -0.2) is 0 Å². The molecule has 0 heterocycles. The van der Waals surface area contributed by atoms with Crippen LogP contribution in [0.1, 0.15) is 0 Å². The van der Waals surface area contributed by atoms with Crippen LogP contribution in [0.15, 0.2) is 109 Å².